The average molecular weight is 512 g/mol. The Morgan fingerprint density at radius 2 is 2.03 bits per heavy atom. The van der Waals surface area contributed by atoms with Crippen molar-refractivity contribution >= 4 is 27.1 Å². The largest absolute Gasteiger partial charge is 0.492 e. The molecular weight excluding hydrogens is 473 g/mol. The smallest absolute Gasteiger partial charge is 0.246 e. The quantitative estimate of drug-likeness (QED) is 0.119. The number of pyridine rings is 1. The van der Waals surface area contributed by atoms with Crippen LogP contribution < -0.4 is 16.3 Å². The number of hydrogen-bond acceptors (Lipinski definition) is 7. The first kappa shape index (κ1) is 27.6. The molecule has 1 amide bonds. The number of aromatic nitrogens is 1. The van der Waals surface area contributed by atoms with Crippen molar-refractivity contribution in [2.45, 2.75) is 33.4 Å². The van der Waals surface area contributed by atoms with Gasteiger partial charge in [-0.25, -0.2) is 11.0 Å². The summed E-state index contributed by atoms with van der Waals surface area (Å²) in [5.41, 5.74) is 9.78. The van der Waals surface area contributed by atoms with Gasteiger partial charge in [0.05, 0.1) is 25.0 Å². The van der Waals surface area contributed by atoms with E-state index in [-0.39, 0.29) is 5.91 Å². The molecule has 1 aliphatic rings. The number of benzene rings is 1. The van der Waals surface area contributed by atoms with Crippen LogP contribution in [0.15, 0.2) is 47.7 Å². The van der Waals surface area contributed by atoms with E-state index >= 15 is 0 Å². The normalized spacial score (nSPS) is 14.9. The summed E-state index contributed by atoms with van der Waals surface area (Å²) in [5, 5.41) is 5.40. The molecule has 1 saturated heterocycles. The van der Waals surface area contributed by atoms with Gasteiger partial charge >= 0.3 is 0 Å². The summed E-state index contributed by atoms with van der Waals surface area (Å²) >= 11 is 0. The Morgan fingerprint density at radius 3 is 2.67 bits per heavy atom. The van der Waals surface area contributed by atoms with Crippen molar-refractivity contribution in [2.75, 3.05) is 38.9 Å². The molecule has 1 aromatic heterocycles. The molecule has 0 radical (unpaired) electrons. The Labute approximate surface area is 216 Å². The van der Waals surface area contributed by atoms with Crippen molar-refractivity contribution in [3.63, 3.8) is 0 Å². The molecule has 0 saturated carbocycles. The number of nitrogens with zero attached hydrogens (tertiary/aromatic N) is 5. The molecule has 1 atom stereocenters. The monoisotopic (exact) mass is 511 g/mol. The fraction of sp³-hybridized carbons (Fsp3) is 0.423. The minimum absolute atomic E-state index is 0.00862. The molecule has 2 heterocycles. The second-order valence-electron chi connectivity index (χ2n) is 8.78. The van der Waals surface area contributed by atoms with E-state index in [1.165, 1.54) is 10.7 Å². The maximum Gasteiger partial charge on any atom is 0.246 e. The number of amidine groups is 1. The molecule has 0 spiro atoms. The average Bonchev–Trinajstić information content (AvgIpc) is 2.87. The van der Waals surface area contributed by atoms with Crippen LogP contribution in [0.2, 0.25) is 0 Å². The molecule has 0 aliphatic carbocycles. The first-order chi connectivity index (χ1) is 17.4. The van der Waals surface area contributed by atoms with E-state index < -0.39 is 0 Å². The summed E-state index contributed by atoms with van der Waals surface area (Å²) in [7, 11) is 2.64. The molecule has 1 aliphatic heterocycles. The molecule has 2 aromatic rings. The van der Waals surface area contributed by atoms with Gasteiger partial charge in [0.1, 0.15) is 11.6 Å². The van der Waals surface area contributed by atoms with Gasteiger partial charge in [-0.2, -0.15) is 0 Å². The minimum Gasteiger partial charge on any atom is -0.492 e. The second-order valence-corrected chi connectivity index (χ2v) is 9.36. The summed E-state index contributed by atoms with van der Waals surface area (Å²) in [6, 6.07) is 10.2. The molecule has 194 valence electrons. The lowest BCUT2D eigenvalue weighted by atomic mass is 10.0. The van der Waals surface area contributed by atoms with Crippen LogP contribution in [0, 0.1) is 0 Å². The molecule has 1 aromatic carbocycles. The van der Waals surface area contributed by atoms with Gasteiger partial charge in [-0.3, -0.25) is 14.7 Å². The van der Waals surface area contributed by atoms with E-state index in [1.54, 1.807) is 19.2 Å². The summed E-state index contributed by atoms with van der Waals surface area (Å²) < 4.78 is 5.58. The minimum atomic E-state index is 0.00862. The number of hydrogen-bond donors (Lipinski definition) is 2. The van der Waals surface area contributed by atoms with Gasteiger partial charge in [-0.05, 0) is 54.4 Å². The third-order valence-corrected chi connectivity index (χ3v) is 6.13. The van der Waals surface area contributed by atoms with Crippen LogP contribution in [-0.4, -0.2) is 70.6 Å². The van der Waals surface area contributed by atoms with Crippen molar-refractivity contribution in [1.82, 2.24) is 19.9 Å². The van der Waals surface area contributed by atoms with Crippen LogP contribution in [0.3, 0.4) is 0 Å². The maximum atomic E-state index is 12.9. The lowest BCUT2D eigenvalue weighted by Gasteiger charge is -2.34. The van der Waals surface area contributed by atoms with E-state index in [2.05, 4.69) is 43.3 Å². The van der Waals surface area contributed by atoms with Crippen LogP contribution in [0.4, 0.5) is 0 Å². The molecule has 3 rings (SSSR count). The molecule has 36 heavy (non-hydrogen) atoms. The first-order valence-corrected chi connectivity index (χ1v) is 13.1. The van der Waals surface area contributed by atoms with E-state index in [4.69, 9.17) is 16.3 Å². The van der Waals surface area contributed by atoms with Crippen LogP contribution in [0.25, 0.3) is 6.08 Å². The number of hydrazine groups is 1. The van der Waals surface area contributed by atoms with Crippen LogP contribution in [0.1, 0.15) is 36.2 Å². The third-order valence-electron chi connectivity index (χ3n) is 5.89. The molecule has 10 heteroatoms. The predicted molar refractivity (Wildman–Crippen MR) is 148 cm³/mol. The molecule has 1 fully saturated rings. The topological polar surface area (TPSA) is 113 Å². The molecule has 4 N–H and O–H groups in total. The Hall–Kier alpha value is -3.00. The number of carbonyl (C=O) groups excluding carboxylic acids is 1. The Bertz CT molecular complexity index is 1050. The van der Waals surface area contributed by atoms with E-state index in [1.807, 2.05) is 29.2 Å². The Balaban J connectivity index is 1.55. The Kier molecular flexibility index (Phi) is 10.7. The van der Waals surface area contributed by atoms with E-state index in [9.17, 15) is 4.79 Å². The van der Waals surface area contributed by atoms with Gasteiger partial charge < -0.3 is 15.4 Å². The molecule has 9 nitrogen and oxygen atoms in total. The van der Waals surface area contributed by atoms with Gasteiger partial charge in [-0.1, -0.05) is 25.1 Å². The van der Waals surface area contributed by atoms with Gasteiger partial charge in [0.15, 0.2) is 0 Å². The fourth-order valence-electron chi connectivity index (χ4n) is 3.98. The van der Waals surface area contributed by atoms with Gasteiger partial charge in [0, 0.05) is 38.8 Å². The number of rotatable bonds is 11. The lowest BCUT2D eigenvalue weighted by Crippen LogP contribution is -2.47. The molecule has 1 unspecified atom stereocenters. The highest BCUT2D eigenvalue weighted by atomic mass is 31.0. The number of nitrogens with two attached hydrogens (primary N) is 2. The zero-order valence-electron chi connectivity index (χ0n) is 21.3. The van der Waals surface area contributed by atoms with Crippen molar-refractivity contribution in [1.29, 1.82) is 0 Å². The third kappa shape index (κ3) is 8.59. The van der Waals surface area contributed by atoms with Crippen molar-refractivity contribution in [2.24, 2.45) is 16.7 Å². The van der Waals surface area contributed by atoms with Crippen molar-refractivity contribution < 1.29 is 9.53 Å². The fourth-order valence-corrected chi connectivity index (χ4v) is 4.10. The van der Waals surface area contributed by atoms with E-state index in [0.717, 1.165) is 54.8 Å². The van der Waals surface area contributed by atoms with Crippen LogP contribution in [0.5, 0.6) is 5.75 Å². The zero-order valence-corrected chi connectivity index (χ0v) is 22.4. The van der Waals surface area contributed by atoms with Gasteiger partial charge in [0.25, 0.3) is 0 Å². The number of aryl methyl sites for hydroxylation is 1. The molecule has 0 bridgehead atoms. The van der Waals surface area contributed by atoms with Crippen molar-refractivity contribution in [3.05, 3.63) is 65.0 Å². The SMILES string of the molecule is CCc1ccc(/C=C/C(=O)N2CCN(Cc3ccc(OCCP)cn3)CC2)c(CN(N)/N=C(/C)N)c1. The lowest BCUT2D eigenvalue weighted by molar-refractivity contribution is -0.127. The summed E-state index contributed by atoms with van der Waals surface area (Å²) in [6.45, 7) is 8.59. The first-order valence-electron chi connectivity index (χ1n) is 12.3. The van der Waals surface area contributed by atoms with Crippen LogP contribution in [-0.2, 0) is 24.3 Å². The highest BCUT2D eigenvalue weighted by Crippen LogP contribution is 2.17. The zero-order chi connectivity index (χ0) is 25.9. The van der Waals surface area contributed by atoms with Crippen LogP contribution >= 0.6 is 9.24 Å². The van der Waals surface area contributed by atoms with Gasteiger partial charge in [-0.15, -0.1) is 14.3 Å². The number of ether oxygens (including phenoxy) is 1. The van der Waals surface area contributed by atoms with Gasteiger partial charge in [0.2, 0.25) is 5.91 Å². The highest BCUT2D eigenvalue weighted by molar-refractivity contribution is 7.16. The number of hydrazone groups is 1. The summed E-state index contributed by atoms with van der Waals surface area (Å²) in [5.74, 6) is 7.18. The summed E-state index contributed by atoms with van der Waals surface area (Å²) in [4.78, 5) is 21.6. The Morgan fingerprint density at radius 1 is 1.25 bits per heavy atom. The number of piperazine rings is 1. The number of carbonyl (C=O) groups is 1. The van der Waals surface area contributed by atoms with E-state index in [0.29, 0.717) is 32.1 Å². The molecular formula is C26H38N7O2P. The maximum absolute atomic E-state index is 12.9. The highest BCUT2D eigenvalue weighted by Gasteiger charge is 2.20. The van der Waals surface area contributed by atoms with Crippen molar-refractivity contribution in [3.8, 4) is 5.75 Å². The number of amides is 1. The second kappa shape index (κ2) is 13.9. The standard InChI is InChI=1S/C26H38N7O2P/c1-3-21-4-5-22(23(16-21)18-33(28)30-20(2)27)6-9-26(34)32-12-10-31(11-13-32)19-24-7-8-25(17-29-24)35-14-15-36/h4-9,16-17H,3,10-15,18-19,28,36H2,1-2H3,(H2,27,30)/b9-6+. The predicted octanol–water partition coefficient (Wildman–Crippen LogP) is 2.22. The summed E-state index contributed by atoms with van der Waals surface area (Å²) in [6.07, 6.45) is 7.08.